The molecule has 2 aromatic rings. The first-order chi connectivity index (χ1) is 8.80. The van der Waals surface area contributed by atoms with Crippen molar-refractivity contribution in [2.45, 2.75) is 6.18 Å². The van der Waals surface area contributed by atoms with Crippen LogP contribution in [-0.4, -0.2) is 0 Å². The molecule has 0 amide bonds. The van der Waals surface area contributed by atoms with Crippen molar-refractivity contribution in [3.05, 3.63) is 56.7 Å². The number of rotatable bonds is 1. The van der Waals surface area contributed by atoms with E-state index < -0.39 is 17.6 Å². The van der Waals surface area contributed by atoms with Crippen LogP contribution in [0.1, 0.15) is 5.56 Å². The van der Waals surface area contributed by atoms with Crippen molar-refractivity contribution in [3.8, 4) is 11.1 Å². The van der Waals surface area contributed by atoms with Crippen molar-refractivity contribution in [1.29, 1.82) is 0 Å². The SMILES string of the molecule is Fc1c(-c2ccc(C(F)(F)F)cc2)ccc(Br)c1Br. The minimum atomic E-state index is -4.39. The molecule has 0 saturated carbocycles. The summed E-state index contributed by atoms with van der Waals surface area (Å²) in [4.78, 5) is 0. The van der Waals surface area contributed by atoms with Crippen molar-refractivity contribution < 1.29 is 17.6 Å². The van der Waals surface area contributed by atoms with Gasteiger partial charge in [0.05, 0.1) is 10.0 Å². The van der Waals surface area contributed by atoms with Crippen molar-refractivity contribution >= 4 is 31.9 Å². The van der Waals surface area contributed by atoms with E-state index in [2.05, 4.69) is 31.9 Å². The minimum absolute atomic E-state index is 0.240. The Morgan fingerprint density at radius 2 is 1.42 bits per heavy atom. The van der Waals surface area contributed by atoms with Crippen LogP contribution in [0.2, 0.25) is 0 Å². The summed E-state index contributed by atoms with van der Waals surface area (Å²) in [6, 6.07) is 7.51. The van der Waals surface area contributed by atoms with Crippen LogP contribution in [0.3, 0.4) is 0 Å². The molecule has 0 spiro atoms. The van der Waals surface area contributed by atoms with E-state index in [4.69, 9.17) is 0 Å². The molecule has 0 bridgehead atoms. The standard InChI is InChI=1S/C13H6Br2F4/c14-10-6-5-9(12(16)11(10)15)7-1-3-8(4-2-7)13(17,18)19/h1-6H. The Balaban J connectivity index is 2.46. The molecule has 19 heavy (non-hydrogen) atoms. The second kappa shape index (κ2) is 5.25. The quantitative estimate of drug-likeness (QED) is 0.406. The fourth-order valence-electron chi connectivity index (χ4n) is 1.59. The third-order valence-corrected chi connectivity index (χ3v) is 4.53. The zero-order chi connectivity index (χ0) is 14.2. The van der Waals surface area contributed by atoms with Gasteiger partial charge in [-0.25, -0.2) is 4.39 Å². The Labute approximate surface area is 123 Å². The fourth-order valence-corrected chi connectivity index (χ4v) is 2.24. The Hall–Kier alpha value is -0.880. The van der Waals surface area contributed by atoms with Gasteiger partial charge < -0.3 is 0 Å². The lowest BCUT2D eigenvalue weighted by Crippen LogP contribution is -2.04. The molecule has 0 N–H and O–H groups in total. The van der Waals surface area contributed by atoms with Crippen LogP contribution in [0.5, 0.6) is 0 Å². The lowest BCUT2D eigenvalue weighted by Gasteiger charge is -2.09. The lowest BCUT2D eigenvalue weighted by atomic mass is 10.0. The van der Waals surface area contributed by atoms with Gasteiger partial charge in [0.2, 0.25) is 0 Å². The lowest BCUT2D eigenvalue weighted by molar-refractivity contribution is -0.137. The molecule has 0 fully saturated rings. The average Bonchev–Trinajstić information content (AvgIpc) is 2.35. The molecule has 2 aromatic carbocycles. The third kappa shape index (κ3) is 3.00. The first kappa shape index (κ1) is 14.5. The maximum atomic E-state index is 14.0. The molecule has 0 atom stereocenters. The minimum Gasteiger partial charge on any atom is -0.205 e. The first-order valence-corrected chi connectivity index (χ1v) is 6.70. The summed E-state index contributed by atoms with van der Waals surface area (Å²) in [5.74, 6) is -0.519. The highest BCUT2D eigenvalue weighted by molar-refractivity contribution is 9.13. The highest BCUT2D eigenvalue weighted by Gasteiger charge is 2.30. The maximum absolute atomic E-state index is 14.0. The van der Waals surface area contributed by atoms with Gasteiger partial charge in [0.15, 0.2) is 0 Å². The van der Waals surface area contributed by atoms with E-state index in [0.717, 1.165) is 12.1 Å². The van der Waals surface area contributed by atoms with E-state index in [1.54, 1.807) is 6.07 Å². The van der Waals surface area contributed by atoms with E-state index in [1.807, 2.05) is 0 Å². The molecule has 0 aliphatic heterocycles. The summed E-state index contributed by atoms with van der Waals surface area (Å²) in [6.45, 7) is 0. The summed E-state index contributed by atoms with van der Waals surface area (Å²) in [6.07, 6.45) is -4.39. The molecule has 0 aromatic heterocycles. The van der Waals surface area contributed by atoms with Crippen molar-refractivity contribution in [2.24, 2.45) is 0 Å². The highest BCUT2D eigenvalue weighted by Crippen LogP contribution is 2.35. The summed E-state index contributed by atoms with van der Waals surface area (Å²) >= 11 is 6.23. The van der Waals surface area contributed by atoms with E-state index >= 15 is 0 Å². The Kier molecular flexibility index (Phi) is 4.01. The van der Waals surface area contributed by atoms with Crippen molar-refractivity contribution in [1.82, 2.24) is 0 Å². The topological polar surface area (TPSA) is 0 Å². The number of hydrogen-bond donors (Lipinski definition) is 0. The summed E-state index contributed by atoms with van der Waals surface area (Å²) < 4.78 is 52.1. The van der Waals surface area contributed by atoms with E-state index in [1.165, 1.54) is 18.2 Å². The molecule has 0 aliphatic carbocycles. The largest absolute Gasteiger partial charge is 0.416 e. The van der Waals surface area contributed by atoms with E-state index in [0.29, 0.717) is 10.0 Å². The zero-order valence-corrected chi connectivity index (χ0v) is 12.4. The molecule has 0 unspecified atom stereocenters. The Morgan fingerprint density at radius 3 is 1.95 bits per heavy atom. The highest BCUT2D eigenvalue weighted by atomic mass is 79.9. The second-order valence-electron chi connectivity index (χ2n) is 3.80. The van der Waals surface area contributed by atoms with E-state index in [9.17, 15) is 17.6 Å². The zero-order valence-electron chi connectivity index (χ0n) is 9.23. The molecule has 0 saturated heterocycles. The molecule has 0 heterocycles. The maximum Gasteiger partial charge on any atom is 0.416 e. The molecule has 2 rings (SSSR count). The average molecular weight is 398 g/mol. The van der Waals surface area contributed by atoms with Crippen LogP contribution in [0.15, 0.2) is 45.3 Å². The predicted octanol–water partition coefficient (Wildman–Crippen LogP) is 6.04. The molecular formula is C13H6Br2F4. The van der Waals surface area contributed by atoms with Crippen LogP contribution in [0, 0.1) is 5.82 Å². The summed E-state index contributed by atoms with van der Waals surface area (Å²) in [7, 11) is 0. The number of halogens is 6. The first-order valence-electron chi connectivity index (χ1n) is 5.12. The molecule has 0 aliphatic rings. The van der Waals surface area contributed by atoms with Crippen LogP contribution >= 0.6 is 31.9 Å². The van der Waals surface area contributed by atoms with Gasteiger partial charge in [-0.3, -0.25) is 0 Å². The van der Waals surface area contributed by atoms with Gasteiger partial charge in [-0.2, -0.15) is 13.2 Å². The van der Waals surface area contributed by atoms with Crippen LogP contribution in [-0.2, 0) is 6.18 Å². The number of alkyl halides is 3. The van der Waals surface area contributed by atoms with Gasteiger partial charge in [-0.15, -0.1) is 0 Å². The molecular weight excluding hydrogens is 392 g/mol. The predicted molar refractivity (Wildman–Crippen MR) is 72.2 cm³/mol. The van der Waals surface area contributed by atoms with Gasteiger partial charge in [0, 0.05) is 10.0 Å². The van der Waals surface area contributed by atoms with Gasteiger partial charge in [-0.1, -0.05) is 18.2 Å². The Bertz CT molecular complexity index is 603. The third-order valence-electron chi connectivity index (χ3n) is 2.56. The van der Waals surface area contributed by atoms with Crippen molar-refractivity contribution in [3.63, 3.8) is 0 Å². The van der Waals surface area contributed by atoms with Gasteiger partial charge in [0.1, 0.15) is 5.82 Å². The van der Waals surface area contributed by atoms with Gasteiger partial charge in [0.25, 0.3) is 0 Å². The van der Waals surface area contributed by atoms with Crippen LogP contribution < -0.4 is 0 Å². The number of hydrogen-bond acceptors (Lipinski definition) is 0. The normalized spacial score (nSPS) is 11.7. The molecule has 0 radical (unpaired) electrons. The van der Waals surface area contributed by atoms with Crippen molar-refractivity contribution in [2.75, 3.05) is 0 Å². The fraction of sp³-hybridized carbons (Fsp3) is 0.0769. The molecule has 6 heteroatoms. The van der Waals surface area contributed by atoms with E-state index in [-0.39, 0.29) is 10.0 Å². The molecule has 0 nitrogen and oxygen atoms in total. The van der Waals surface area contributed by atoms with Gasteiger partial charge >= 0.3 is 6.18 Å². The van der Waals surface area contributed by atoms with Crippen LogP contribution in [0.4, 0.5) is 17.6 Å². The summed E-state index contributed by atoms with van der Waals surface area (Å²) in [5, 5.41) is 0. The number of benzene rings is 2. The smallest absolute Gasteiger partial charge is 0.205 e. The van der Waals surface area contributed by atoms with Crippen LogP contribution in [0.25, 0.3) is 11.1 Å². The second-order valence-corrected chi connectivity index (χ2v) is 5.45. The Morgan fingerprint density at radius 1 is 0.842 bits per heavy atom. The summed E-state index contributed by atoms with van der Waals surface area (Å²) in [5.41, 5.74) is -0.129. The monoisotopic (exact) mass is 396 g/mol. The van der Waals surface area contributed by atoms with Gasteiger partial charge in [-0.05, 0) is 55.6 Å². The molecule has 100 valence electrons.